The van der Waals surface area contributed by atoms with Crippen LogP contribution in [0, 0.1) is 0 Å². The van der Waals surface area contributed by atoms with Gasteiger partial charge in [0.1, 0.15) is 0 Å². The Hall–Kier alpha value is -2.59. The highest BCUT2D eigenvalue weighted by molar-refractivity contribution is 5.59. The van der Waals surface area contributed by atoms with Crippen LogP contribution in [0.1, 0.15) is 37.3 Å². The molecule has 2 unspecified atom stereocenters. The summed E-state index contributed by atoms with van der Waals surface area (Å²) in [7, 11) is 2.25. The number of piperidine rings is 1. The van der Waals surface area contributed by atoms with Crippen LogP contribution in [0.25, 0.3) is 11.3 Å². The van der Waals surface area contributed by atoms with E-state index in [9.17, 15) is 4.79 Å². The van der Waals surface area contributed by atoms with Crippen LogP contribution < -0.4 is 5.69 Å². The highest BCUT2D eigenvalue weighted by Gasteiger charge is 2.39. The van der Waals surface area contributed by atoms with Crippen LogP contribution in [0.2, 0.25) is 0 Å². The maximum atomic E-state index is 13.5. The molecule has 5 rings (SSSR count). The van der Waals surface area contributed by atoms with Crippen LogP contribution in [0.15, 0.2) is 71.7 Å². The molecule has 0 spiro atoms. The minimum absolute atomic E-state index is 0.122. The first kappa shape index (κ1) is 17.5. The highest BCUT2D eigenvalue weighted by atomic mass is 16.1. The minimum atomic E-state index is 0.122. The van der Waals surface area contributed by atoms with E-state index in [2.05, 4.69) is 42.4 Å². The topological polar surface area (TPSA) is 30.2 Å². The Kier molecular flexibility index (Phi) is 4.44. The Balaban J connectivity index is 1.57. The SMILES string of the molecule is CN1C2CCC1CC(n1cc(-c3ccccc3)n(Cc3ccccc3)c1=O)C2. The summed E-state index contributed by atoms with van der Waals surface area (Å²) < 4.78 is 3.98. The predicted molar refractivity (Wildman–Crippen MR) is 113 cm³/mol. The lowest BCUT2D eigenvalue weighted by molar-refractivity contribution is 0.135. The lowest BCUT2D eigenvalue weighted by Crippen LogP contribution is -2.42. The molecule has 2 saturated heterocycles. The zero-order valence-corrected chi connectivity index (χ0v) is 16.4. The summed E-state index contributed by atoms with van der Waals surface area (Å²) in [5, 5.41) is 0. The third-order valence-corrected chi connectivity index (χ3v) is 6.72. The zero-order valence-electron chi connectivity index (χ0n) is 16.4. The molecule has 0 saturated carbocycles. The fourth-order valence-electron chi connectivity index (χ4n) is 5.13. The molecule has 4 heteroatoms. The average Bonchev–Trinajstić information content (AvgIpc) is 3.13. The summed E-state index contributed by atoms with van der Waals surface area (Å²) >= 11 is 0. The molecule has 0 radical (unpaired) electrons. The van der Waals surface area contributed by atoms with Crippen LogP contribution >= 0.6 is 0 Å². The van der Waals surface area contributed by atoms with Crippen LogP contribution in [0.5, 0.6) is 0 Å². The Bertz CT molecular complexity index is 991. The summed E-state index contributed by atoms with van der Waals surface area (Å²) in [4.78, 5) is 16.0. The van der Waals surface area contributed by atoms with Gasteiger partial charge in [-0.3, -0.25) is 9.13 Å². The molecule has 2 bridgehead atoms. The second-order valence-electron chi connectivity index (χ2n) is 8.32. The zero-order chi connectivity index (χ0) is 19.1. The molecule has 28 heavy (non-hydrogen) atoms. The number of imidazole rings is 1. The minimum Gasteiger partial charge on any atom is -0.300 e. The molecule has 2 fully saturated rings. The smallest absolute Gasteiger partial charge is 0.300 e. The summed E-state index contributed by atoms with van der Waals surface area (Å²) in [6.45, 7) is 0.608. The van der Waals surface area contributed by atoms with E-state index in [1.165, 1.54) is 12.8 Å². The number of hydrogen-bond donors (Lipinski definition) is 0. The van der Waals surface area contributed by atoms with E-state index in [1.807, 2.05) is 45.5 Å². The summed E-state index contributed by atoms with van der Waals surface area (Å²) in [5.41, 5.74) is 3.39. The van der Waals surface area contributed by atoms with E-state index in [0.29, 0.717) is 24.7 Å². The van der Waals surface area contributed by atoms with Gasteiger partial charge in [0.05, 0.1) is 12.2 Å². The van der Waals surface area contributed by atoms with Crippen LogP contribution in [-0.4, -0.2) is 33.2 Å². The van der Waals surface area contributed by atoms with Crippen molar-refractivity contribution in [3.05, 3.63) is 82.9 Å². The normalized spacial score (nSPS) is 24.5. The molecule has 2 aliphatic heterocycles. The van der Waals surface area contributed by atoms with Crippen LogP contribution in [-0.2, 0) is 6.54 Å². The number of rotatable bonds is 4. The van der Waals surface area contributed by atoms with Crippen molar-refractivity contribution in [1.82, 2.24) is 14.0 Å². The molecule has 0 amide bonds. The van der Waals surface area contributed by atoms with Crippen LogP contribution in [0.3, 0.4) is 0 Å². The molecule has 144 valence electrons. The first-order valence-corrected chi connectivity index (χ1v) is 10.3. The van der Waals surface area contributed by atoms with Gasteiger partial charge in [-0.05, 0) is 43.9 Å². The van der Waals surface area contributed by atoms with E-state index in [-0.39, 0.29) is 5.69 Å². The van der Waals surface area contributed by atoms with Gasteiger partial charge in [0.15, 0.2) is 0 Å². The number of aromatic nitrogens is 2. The van der Waals surface area contributed by atoms with Gasteiger partial charge in [-0.1, -0.05) is 60.7 Å². The molecule has 0 aliphatic carbocycles. The Morgan fingerprint density at radius 2 is 1.46 bits per heavy atom. The number of benzene rings is 2. The maximum absolute atomic E-state index is 13.5. The van der Waals surface area contributed by atoms with Gasteiger partial charge in [0, 0.05) is 24.3 Å². The largest absolute Gasteiger partial charge is 0.329 e. The summed E-state index contributed by atoms with van der Waals surface area (Å²) in [6.07, 6.45) is 6.80. The van der Waals surface area contributed by atoms with Gasteiger partial charge in [-0.15, -0.1) is 0 Å². The Labute approximate surface area is 166 Å². The number of hydrogen-bond acceptors (Lipinski definition) is 2. The first-order valence-electron chi connectivity index (χ1n) is 10.3. The Morgan fingerprint density at radius 3 is 2.11 bits per heavy atom. The second kappa shape index (κ2) is 7.10. The van der Waals surface area contributed by atoms with E-state index in [4.69, 9.17) is 0 Å². The predicted octanol–water partition coefficient (Wildman–Crippen LogP) is 4.16. The van der Waals surface area contributed by atoms with Crippen molar-refractivity contribution in [3.63, 3.8) is 0 Å². The molecule has 3 heterocycles. The third kappa shape index (κ3) is 3.02. The van der Waals surface area contributed by atoms with E-state index in [1.54, 1.807) is 0 Å². The van der Waals surface area contributed by atoms with Crippen molar-refractivity contribution in [2.45, 2.75) is 50.4 Å². The second-order valence-corrected chi connectivity index (χ2v) is 8.32. The van der Waals surface area contributed by atoms with Gasteiger partial charge in [0.2, 0.25) is 0 Å². The van der Waals surface area contributed by atoms with Crippen LogP contribution in [0.4, 0.5) is 0 Å². The quantitative estimate of drug-likeness (QED) is 0.687. The molecular formula is C24H27N3O. The first-order chi connectivity index (χ1) is 13.7. The van der Waals surface area contributed by atoms with Crippen molar-refractivity contribution in [1.29, 1.82) is 0 Å². The lowest BCUT2D eigenvalue weighted by Gasteiger charge is -2.36. The van der Waals surface area contributed by atoms with Gasteiger partial charge < -0.3 is 4.90 Å². The van der Waals surface area contributed by atoms with E-state index < -0.39 is 0 Å². The van der Waals surface area contributed by atoms with Crippen molar-refractivity contribution < 1.29 is 0 Å². The van der Waals surface area contributed by atoms with Gasteiger partial charge >= 0.3 is 5.69 Å². The standard InChI is InChI=1S/C24H27N3O/c1-25-20-12-13-21(25)15-22(14-20)26-17-23(19-10-6-3-7-11-19)27(24(26)28)16-18-8-4-2-5-9-18/h2-11,17,20-22H,12-16H2,1H3. The van der Waals surface area contributed by atoms with Crippen molar-refractivity contribution >= 4 is 0 Å². The molecule has 3 aromatic rings. The molecule has 1 aromatic heterocycles. The summed E-state index contributed by atoms with van der Waals surface area (Å²) in [5.74, 6) is 0. The Morgan fingerprint density at radius 1 is 0.857 bits per heavy atom. The van der Waals surface area contributed by atoms with E-state index in [0.717, 1.165) is 29.7 Å². The van der Waals surface area contributed by atoms with Crippen molar-refractivity contribution in [2.24, 2.45) is 0 Å². The van der Waals surface area contributed by atoms with Crippen molar-refractivity contribution in [3.8, 4) is 11.3 Å². The molecular weight excluding hydrogens is 346 g/mol. The summed E-state index contributed by atoms with van der Waals surface area (Å²) in [6, 6.07) is 22.1. The number of nitrogens with zero attached hydrogens (tertiary/aromatic N) is 3. The van der Waals surface area contributed by atoms with Crippen molar-refractivity contribution in [2.75, 3.05) is 7.05 Å². The molecule has 2 aliphatic rings. The van der Waals surface area contributed by atoms with Gasteiger partial charge in [-0.2, -0.15) is 0 Å². The van der Waals surface area contributed by atoms with Gasteiger partial charge in [-0.25, -0.2) is 4.79 Å². The molecule has 2 atom stereocenters. The molecule has 2 aromatic carbocycles. The highest BCUT2D eigenvalue weighted by Crippen LogP contribution is 2.39. The molecule has 0 N–H and O–H groups in total. The maximum Gasteiger partial charge on any atom is 0.329 e. The fourth-order valence-corrected chi connectivity index (χ4v) is 5.13. The van der Waals surface area contributed by atoms with E-state index >= 15 is 0 Å². The molecule has 4 nitrogen and oxygen atoms in total. The monoisotopic (exact) mass is 373 g/mol. The fraction of sp³-hybridized carbons (Fsp3) is 0.375. The lowest BCUT2D eigenvalue weighted by atomic mass is 9.98. The number of fused-ring (bicyclic) bond motifs is 2. The van der Waals surface area contributed by atoms with Gasteiger partial charge in [0.25, 0.3) is 0 Å². The average molecular weight is 374 g/mol. The third-order valence-electron chi connectivity index (χ3n) is 6.72.